The fraction of sp³-hybridized carbons (Fsp3) is 0.0667. The molecular weight excluding hydrogens is 291 g/mol. The number of nitrogens with zero attached hydrogens (tertiary/aromatic N) is 1. The number of carboxylic acids is 1. The Bertz CT molecular complexity index is 794. The van der Waals surface area contributed by atoms with Crippen molar-refractivity contribution in [2.75, 3.05) is 0 Å². The molecule has 2 aromatic heterocycles. The third-order valence-electron chi connectivity index (χ3n) is 3.06. The van der Waals surface area contributed by atoms with Gasteiger partial charge >= 0.3 is 5.97 Å². The first-order chi connectivity index (χ1) is 10.1. The van der Waals surface area contributed by atoms with Crippen LogP contribution >= 0.6 is 11.3 Å². The quantitative estimate of drug-likeness (QED) is 0.774. The van der Waals surface area contributed by atoms with Gasteiger partial charge < -0.3 is 10.1 Å². The molecule has 0 aliphatic heterocycles. The van der Waals surface area contributed by atoms with Crippen LogP contribution in [-0.2, 0) is 6.42 Å². The smallest absolute Gasteiger partial charge is 0.352 e. The van der Waals surface area contributed by atoms with Crippen molar-refractivity contribution in [2.24, 2.45) is 0 Å². The van der Waals surface area contributed by atoms with E-state index in [1.54, 1.807) is 24.4 Å². The van der Waals surface area contributed by atoms with Crippen molar-refractivity contribution in [3.05, 3.63) is 64.0 Å². The van der Waals surface area contributed by atoms with Gasteiger partial charge in [0.2, 0.25) is 0 Å². The summed E-state index contributed by atoms with van der Waals surface area (Å²) in [4.78, 5) is 17.9. The Balaban J connectivity index is 1.83. The summed E-state index contributed by atoms with van der Waals surface area (Å²) in [7, 11) is 0. The van der Waals surface area contributed by atoms with Gasteiger partial charge in [0.1, 0.15) is 11.5 Å². The second-order valence-electron chi connectivity index (χ2n) is 4.50. The van der Waals surface area contributed by atoms with E-state index < -0.39 is 5.97 Å². The molecule has 0 spiro atoms. The first-order valence-corrected chi connectivity index (χ1v) is 7.11. The highest BCUT2D eigenvalue weighted by molar-refractivity contribution is 7.10. The summed E-state index contributed by atoms with van der Waals surface area (Å²) in [6, 6.07) is 8.13. The molecule has 6 heteroatoms. The van der Waals surface area contributed by atoms with Gasteiger partial charge in [-0.1, -0.05) is 18.2 Å². The van der Waals surface area contributed by atoms with Crippen molar-refractivity contribution in [3.63, 3.8) is 0 Å². The van der Waals surface area contributed by atoms with Crippen LogP contribution in [0, 0.1) is 5.82 Å². The van der Waals surface area contributed by atoms with E-state index in [-0.39, 0.29) is 11.5 Å². The normalized spacial score (nSPS) is 10.7. The average molecular weight is 302 g/mol. The number of aromatic amines is 1. The monoisotopic (exact) mass is 302 g/mol. The predicted octanol–water partition coefficient (Wildman–Crippen LogP) is 3.57. The van der Waals surface area contributed by atoms with E-state index >= 15 is 0 Å². The van der Waals surface area contributed by atoms with Crippen LogP contribution in [0.2, 0.25) is 0 Å². The molecular formula is C15H11FN2O2S. The Morgan fingerprint density at radius 3 is 2.90 bits per heavy atom. The van der Waals surface area contributed by atoms with Crippen molar-refractivity contribution in [1.82, 2.24) is 9.97 Å². The van der Waals surface area contributed by atoms with Crippen LogP contribution in [0.25, 0.3) is 11.3 Å². The third-order valence-corrected chi connectivity index (χ3v) is 3.91. The molecule has 0 saturated carbocycles. The van der Waals surface area contributed by atoms with Crippen molar-refractivity contribution < 1.29 is 14.3 Å². The lowest BCUT2D eigenvalue weighted by atomic mass is 10.1. The largest absolute Gasteiger partial charge is 0.477 e. The van der Waals surface area contributed by atoms with Crippen LogP contribution in [0.1, 0.15) is 21.1 Å². The summed E-state index contributed by atoms with van der Waals surface area (Å²) in [5.74, 6) is -1.26. The van der Waals surface area contributed by atoms with Gasteiger partial charge in [0, 0.05) is 23.6 Å². The number of aromatic carboxylic acids is 1. The average Bonchev–Trinajstić information content (AvgIpc) is 3.10. The second kappa shape index (κ2) is 5.49. The molecule has 0 radical (unpaired) electrons. The van der Waals surface area contributed by atoms with Gasteiger partial charge in [-0.3, -0.25) is 0 Å². The first kappa shape index (κ1) is 13.5. The molecule has 106 valence electrons. The predicted molar refractivity (Wildman–Crippen MR) is 78.1 cm³/mol. The van der Waals surface area contributed by atoms with Crippen LogP contribution in [0.15, 0.2) is 41.9 Å². The van der Waals surface area contributed by atoms with Gasteiger partial charge in [-0.15, -0.1) is 11.3 Å². The molecule has 0 saturated heterocycles. The topological polar surface area (TPSA) is 66.0 Å². The maximum absolute atomic E-state index is 13.6. The van der Waals surface area contributed by atoms with Crippen molar-refractivity contribution in [3.8, 4) is 11.3 Å². The lowest BCUT2D eigenvalue weighted by Crippen LogP contribution is -1.94. The highest BCUT2D eigenvalue weighted by atomic mass is 32.1. The molecule has 3 rings (SSSR count). The van der Waals surface area contributed by atoms with Crippen molar-refractivity contribution >= 4 is 17.3 Å². The third kappa shape index (κ3) is 2.85. The van der Waals surface area contributed by atoms with Crippen LogP contribution in [-0.4, -0.2) is 21.0 Å². The maximum Gasteiger partial charge on any atom is 0.352 e. The fourth-order valence-corrected chi connectivity index (χ4v) is 2.82. The van der Waals surface area contributed by atoms with Crippen molar-refractivity contribution in [1.29, 1.82) is 0 Å². The molecule has 2 heterocycles. The zero-order chi connectivity index (χ0) is 14.8. The number of rotatable bonds is 4. The molecule has 2 N–H and O–H groups in total. The minimum atomic E-state index is -1.01. The summed E-state index contributed by atoms with van der Waals surface area (Å²) in [6.45, 7) is 0. The van der Waals surface area contributed by atoms with E-state index in [0.29, 0.717) is 23.2 Å². The summed E-state index contributed by atoms with van der Waals surface area (Å²) < 4.78 is 13.6. The van der Waals surface area contributed by atoms with E-state index in [1.165, 1.54) is 23.5 Å². The number of H-pyrrole nitrogens is 1. The van der Waals surface area contributed by atoms with Gasteiger partial charge in [-0.05, 0) is 17.7 Å². The Hall–Kier alpha value is -2.47. The number of halogens is 1. The number of thiazole rings is 1. The Morgan fingerprint density at radius 1 is 1.38 bits per heavy atom. The summed E-state index contributed by atoms with van der Waals surface area (Å²) >= 11 is 1.43. The van der Waals surface area contributed by atoms with Crippen molar-refractivity contribution in [2.45, 2.75) is 6.42 Å². The van der Waals surface area contributed by atoms with E-state index in [2.05, 4.69) is 9.97 Å². The Labute approximate surface area is 123 Å². The summed E-state index contributed by atoms with van der Waals surface area (Å²) in [5, 5.41) is 11.5. The molecule has 0 bridgehead atoms. The van der Waals surface area contributed by atoms with Crippen LogP contribution < -0.4 is 0 Å². The number of hydrogen-bond donors (Lipinski definition) is 2. The van der Waals surface area contributed by atoms with Gasteiger partial charge in [-0.2, -0.15) is 0 Å². The number of hydrogen-bond acceptors (Lipinski definition) is 3. The number of carboxylic acid groups (broad SMARTS) is 1. The summed E-state index contributed by atoms with van der Waals surface area (Å²) in [5.41, 5.74) is 2.12. The van der Waals surface area contributed by atoms with E-state index in [4.69, 9.17) is 5.11 Å². The maximum atomic E-state index is 13.6. The molecule has 3 aromatic rings. The number of benzene rings is 1. The zero-order valence-electron chi connectivity index (χ0n) is 10.8. The van der Waals surface area contributed by atoms with E-state index in [9.17, 15) is 9.18 Å². The molecule has 0 amide bonds. The molecule has 0 unspecified atom stereocenters. The highest BCUT2D eigenvalue weighted by Crippen LogP contribution is 2.24. The fourth-order valence-electron chi connectivity index (χ4n) is 2.00. The van der Waals surface area contributed by atoms with E-state index in [0.717, 1.165) is 5.01 Å². The van der Waals surface area contributed by atoms with E-state index in [1.807, 2.05) is 5.38 Å². The molecule has 4 nitrogen and oxygen atoms in total. The minimum absolute atomic E-state index is 0.119. The number of aromatic nitrogens is 2. The molecule has 0 aliphatic rings. The Kier molecular flexibility index (Phi) is 3.53. The summed E-state index contributed by atoms with van der Waals surface area (Å²) in [6.07, 6.45) is 2.03. The highest BCUT2D eigenvalue weighted by Gasteiger charge is 2.11. The first-order valence-electron chi connectivity index (χ1n) is 6.23. The standard InChI is InChI=1S/C15H11FN2O2S/c16-11-4-2-1-3-9(11)6-14-18-13(8-21-14)10-5-12(15(19)20)17-7-10/h1-5,7-8,17H,6H2,(H,19,20). The van der Waals surface area contributed by atoms with Crippen LogP contribution in [0.5, 0.6) is 0 Å². The lowest BCUT2D eigenvalue weighted by Gasteiger charge is -1.99. The molecule has 0 aliphatic carbocycles. The SMILES string of the molecule is O=C(O)c1cc(-c2csc(Cc3ccccc3F)n2)c[nH]1. The Morgan fingerprint density at radius 2 is 2.19 bits per heavy atom. The minimum Gasteiger partial charge on any atom is -0.477 e. The number of nitrogens with one attached hydrogen (secondary N) is 1. The lowest BCUT2D eigenvalue weighted by molar-refractivity contribution is 0.0691. The van der Waals surface area contributed by atoms with Gasteiger partial charge in [-0.25, -0.2) is 14.2 Å². The van der Waals surface area contributed by atoms with Gasteiger partial charge in [0.05, 0.1) is 10.7 Å². The molecule has 0 fully saturated rings. The van der Waals surface area contributed by atoms with Gasteiger partial charge in [0.25, 0.3) is 0 Å². The number of carbonyl (C=O) groups is 1. The second-order valence-corrected chi connectivity index (χ2v) is 5.44. The molecule has 0 atom stereocenters. The van der Waals surface area contributed by atoms with Crippen LogP contribution in [0.4, 0.5) is 4.39 Å². The van der Waals surface area contributed by atoms with Crippen LogP contribution in [0.3, 0.4) is 0 Å². The molecule has 1 aromatic carbocycles. The van der Waals surface area contributed by atoms with Gasteiger partial charge in [0.15, 0.2) is 0 Å². The molecule has 21 heavy (non-hydrogen) atoms. The zero-order valence-corrected chi connectivity index (χ0v) is 11.7.